The molecule has 8 heteroatoms. The van der Waals surface area contributed by atoms with Crippen molar-refractivity contribution in [2.75, 3.05) is 17.3 Å². The summed E-state index contributed by atoms with van der Waals surface area (Å²) in [6, 6.07) is 3.75. The summed E-state index contributed by atoms with van der Waals surface area (Å²) < 4.78 is 14.1. The van der Waals surface area contributed by atoms with Crippen LogP contribution in [0.4, 0.5) is 10.1 Å². The summed E-state index contributed by atoms with van der Waals surface area (Å²) >= 11 is 1.64. The third kappa shape index (κ3) is 2.47. The fourth-order valence-electron chi connectivity index (χ4n) is 4.93. The number of anilines is 1. The predicted octanol–water partition coefficient (Wildman–Crippen LogP) is 2.10. The van der Waals surface area contributed by atoms with Crippen molar-refractivity contribution in [2.24, 2.45) is 11.8 Å². The van der Waals surface area contributed by atoms with Crippen LogP contribution < -0.4 is 10.6 Å². The molecule has 6 nitrogen and oxygen atoms in total. The van der Waals surface area contributed by atoms with Gasteiger partial charge in [0.05, 0.1) is 11.8 Å². The van der Waals surface area contributed by atoms with Gasteiger partial charge in [-0.1, -0.05) is 0 Å². The quantitative estimate of drug-likeness (QED) is 0.753. The number of imide groups is 1. The maximum atomic E-state index is 14.1. The third-order valence-electron chi connectivity index (χ3n) is 5.98. The number of fused-ring (bicyclic) bond motifs is 4. The lowest BCUT2D eigenvalue weighted by molar-refractivity contribution is -0.147. The van der Waals surface area contributed by atoms with Crippen LogP contribution in [0.2, 0.25) is 0 Å². The lowest BCUT2D eigenvalue weighted by atomic mass is 9.76. The zero-order chi connectivity index (χ0) is 20.4. The van der Waals surface area contributed by atoms with Gasteiger partial charge in [-0.2, -0.15) is 11.8 Å². The molecular weight excluding hydrogens is 381 g/mol. The summed E-state index contributed by atoms with van der Waals surface area (Å²) in [6.45, 7) is 5.43. The largest absolute Gasteiger partial charge is 0.324 e. The Balaban J connectivity index is 1.89. The van der Waals surface area contributed by atoms with Gasteiger partial charge in [0.1, 0.15) is 11.4 Å². The average Bonchev–Trinajstić information content (AvgIpc) is 3.18. The summed E-state index contributed by atoms with van der Waals surface area (Å²) in [5.74, 6) is -2.24. The first-order valence-corrected chi connectivity index (χ1v) is 10.8. The minimum absolute atomic E-state index is 0.254. The van der Waals surface area contributed by atoms with Crippen LogP contribution in [0.1, 0.15) is 32.8 Å². The van der Waals surface area contributed by atoms with Gasteiger partial charge < -0.3 is 5.32 Å². The van der Waals surface area contributed by atoms with Gasteiger partial charge >= 0.3 is 0 Å². The molecular formula is C20H24FN3O3S. The number of hydrogen-bond donors (Lipinski definition) is 2. The van der Waals surface area contributed by atoms with Gasteiger partial charge in [0.2, 0.25) is 17.7 Å². The van der Waals surface area contributed by atoms with Crippen molar-refractivity contribution in [1.29, 1.82) is 0 Å². The van der Waals surface area contributed by atoms with Gasteiger partial charge in [-0.25, -0.2) is 4.39 Å². The van der Waals surface area contributed by atoms with Gasteiger partial charge in [0.15, 0.2) is 0 Å². The molecule has 0 unspecified atom stereocenters. The van der Waals surface area contributed by atoms with Gasteiger partial charge in [-0.3, -0.25) is 24.6 Å². The van der Waals surface area contributed by atoms with E-state index in [0.29, 0.717) is 17.7 Å². The van der Waals surface area contributed by atoms with Gasteiger partial charge in [-0.05, 0) is 57.4 Å². The lowest BCUT2D eigenvalue weighted by Gasteiger charge is -2.34. The van der Waals surface area contributed by atoms with E-state index in [2.05, 4.69) is 10.6 Å². The maximum Gasteiger partial charge on any atom is 0.250 e. The molecule has 2 fully saturated rings. The van der Waals surface area contributed by atoms with Crippen molar-refractivity contribution in [3.8, 4) is 0 Å². The van der Waals surface area contributed by atoms with Crippen LogP contribution in [0.15, 0.2) is 18.2 Å². The molecule has 3 aliphatic heterocycles. The second-order valence-corrected chi connectivity index (χ2v) is 9.66. The Kier molecular flexibility index (Phi) is 4.35. The number of nitrogens with one attached hydrogen (secondary N) is 2. The first-order valence-electron chi connectivity index (χ1n) is 9.39. The molecule has 0 radical (unpaired) electrons. The fourth-order valence-corrected chi connectivity index (χ4v) is 5.42. The van der Waals surface area contributed by atoms with E-state index < -0.39 is 34.6 Å². The van der Waals surface area contributed by atoms with Crippen molar-refractivity contribution in [1.82, 2.24) is 10.2 Å². The smallest absolute Gasteiger partial charge is 0.250 e. The predicted molar refractivity (Wildman–Crippen MR) is 105 cm³/mol. The van der Waals surface area contributed by atoms with Crippen LogP contribution in [0.25, 0.3) is 0 Å². The van der Waals surface area contributed by atoms with Crippen LogP contribution in [0, 0.1) is 17.7 Å². The number of halogens is 1. The number of hydrogen-bond acceptors (Lipinski definition) is 5. The zero-order valence-electron chi connectivity index (χ0n) is 16.3. The van der Waals surface area contributed by atoms with Crippen LogP contribution in [-0.4, -0.2) is 46.2 Å². The van der Waals surface area contributed by atoms with E-state index in [0.717, 1.165) is 5.75 Å². The Hall–Kier alpha value is -1.93. The number of carbonyl (C=O) groups is 3. The molecule has 150 valence electrons. The number of benzene rings is 1. The number of thioether (sulfide) groups is 1. The van der Waals surface area contributed by atoms with E-state index in [9.17, 15) is 18.8 Å². The molecule has 3 heterocycles. The highest BCUT2D eigenvalue weighted by Gasteiger charge is 2.71. The van der Waals surface area contributed by atoms with E-state index in [1.165, 1.54) is 23.1 Å². The second-order valence-electron chi connectivity index (χ2n) is 8.67. The minimum atomic E-state index is -1.42. The minimum Gasteiger partial charge on any atom is -0.324 e. The normalized spacial score (nSPS) is 31.5. The van der Waals surface area contributed by atoms with Gasteiger partial charge in [-0.15, -0.1) is 0 Å². The number of nitrogens with zero attached hydrogens (tertiary/aromatic N) is 1. The Morgan fingerprint density at radius 3 is 2.57 bits per heavy atom. The maximum absolute atomic E-state index is 14.1. The van der Waals surface area contributed by atoms with E-state index in [1.807, 2.05) is 27.0 Å². The topological polar surface area (TPSA) is 78.5 Å². The van der Waals surface area contributed by atoms with Crippen LogP contribution in [-0.2, 0) is 19.9 Å². The Morgan fingerprint density at radius 2 is 1.93 bits per heavy atom. The molecule has 3 amide bonds. The van der Waals surface area contributed by atoms with E-state index >= 15 is 0 Å². The first-order chi connectivity index (χ1) is 13.1. The second kappa shape index (κ2) is 6.29. The Labute approximate surface area is 167 Å². The van der Waals surface area contributed by atoms with Crippen molar-refractivity contribution in [3.05, 3.63) is 29.6 Å². The van der Waals surface area contributed by atoms with Crippen molar-refractivity contribution < 1.29 is 18.8 Å². The molecule has 28 heavy (non-hydrogen) atoms. The Bertz CT molecular complexity index is 884. The summed E-state index contributed by atoms with van der Waals surface area (Å²) in [7, 11) is 0. The highest BCUT2D eigenvalue weighted by atomic mass is 32.2. The molecule has 4 atom stereocenters. The highest BCUT2D eigenvalue weighted by Crippen LogP contribution is 2.54. The molecule has 2 saturated heterocycles. The molecule has 1 aromatic carbocycles. The van der Waals surface area contributed by atoms with Crippen molar-refractivity contribution in [3.63, 3.8) is 0 Å². The van der Waals surface area contributed by atoms with Crippen LogP contribution in [0.3, 0.4) is 0 Å². The Morgan fingerprint density at radius 1 is 1.21 bits per heavy atom. The molecule has 0 saturated carbocycles. The van der Waals surface area contributed by atoms with Crippen molar-refractivity contribution in [2.45, 2.75) is 44.3 Å². The molecule has 4 rings (SSSR count). The molecule has 1 spiro atoms. The van der Waals surface area contributed by atoms with Gasteiger partial charge in [0, 0.05) is 22.8 Å². The lowest BCUT2D eigenvalue weighted by Crippen LogP contribution is -2.55. The molecule has 0 aromatic heterocycles. The van der Waals surface area contributed by atoms with E-state index in [4.69, 9.17) is 0 Å². The first kappa shape index (κ1) is 19.4. The van der Waals surface area contributed by atoms with Crippen LogP contribution in [0.5, 0.6) is 0 Å². The van der Waals surface area contributed by atoms with Crippen molar-refractivity contribution >= 4 is 35.2 Å². The third-order valence-corrected chi connectivity index (χ3v) is 6.62. The molecule has 0 aliphatic carbocycles. The van der Waals surface area contributed by atoms with E-state index in [1.54, 1.807) is 11.8 Å². The van der Waals surface area contributed by atoms with Crippen LogP contribution >= 0.6 is 11.8 Å². The average molecular weight is 405 g/mol. The monoisotopic (exact) mass is 405 g/mol. The summed E-state index contributed by atoms with van der Waals surface area (Å²) in [5, 5.41) is 6.09. The van der Waals surface area contributed by atoms with E-state index in [-0.39, 0.29) is 17.9 Å². The molecule has 3 aliphatic rings. The molecule has 0 bridgehead atoms. The molecule has 2 N–H and O–H groups in total. The number of rotatable bonds is 3. The summed E-state index contributed by atoms with van der Waals surface area (Å²) in [4.78, 5) is 41.2. The number of likely N-dealkylation sites (tertiary alicyclic amines) is 1. The summed E-state index contributed by atoms with van der Waals surface area (Å²) in [6.07, 6.45) is 2.61. The SMILES string of the molecule is CSCC[C@@H]1N[C@]2(C(=O)Nc3ccc(F)cc32)[C@@H]2C(=O)N(C(C)(C)C)C(=O)[C@H]12. The standard InChI is InChI=1S/C20H24FN3O3S/c1-19(2,3)24-16(25)14-13(7-8-28-4)23-20(15(14)17(24)26)11-9-10(21)5-6-12(11)22-18(20)27/h5-6,9,13-15,23H,7-8H2,1-4H3,(H,22,27)/t13-,14+,15-,20-/m0/s1. The van der Waals surface area contributed by atoms with Gasteiger partial charge in [0.25, 0.3) is 0 Å². The fraction of sp³-hybridized carbons (Fsp3) is 0.550. The summed E-state index contributed by atoms with van der Waals surface area (Å²) in [5.41, 5.74) is -1.21. The number of amides is 3. The molecule has 1 aromatic rings. The zero-order valence-corrected chi connectivity index (χ0v) is 17.2. The number of carbonyl (C=O) groups excluding carboxylic acids is 3. The highest BCUT2D eigenvalue weighted by molar-refractivity contribution is 7.98.